The van der Waals surface area contributed by atoms with Crippen LogP contribution in [-0.2, 0) is 19.2 Å². The van der Waals surface area contributed by atoms with E-state index in [9.17, 15) is 19.2 Å². The van der Waals surface area contributed by atoms with Crippen LogP contribution in [0.2, 0.25) is 0 Å². The van der Waals surface area contributed by atoms with Crippen molar-refractivity contribution in [3.05, 3.63) is 0 Å². The van der Waals surface area contributed by atoms with Gasteiger partial charge >= 0.3 is 23.9 Å². The molecule has 1 unspecified atom stereocenters. The zero-order chi connectivity index (χ0) is 17.5. The summed E-state index contributed by atoms with van der Waals surface area (Å²) in [5.41, 5.74) is -2.74. The molecule has 22 heavy (non-hydrogen) atoms. The van der Waals surface area contributed by atoms with E-state index in [0.717, 1.165) is 11.5 Å². The maximum Gasteiger partial charge on any atom is 0.336 e. The Morgan fingerprint density at radius 2 is 1.45 bits per heavy atom. The van der Waals surface area contributed by atoms with Gasteiger partial charge in [-0.2, -0.15) is 5.06 Å². The predicted octanol–water partition coefficient (Wildman–Crippen LogP) is -1.32. The van der Waals surface area contributed by atoms with Crippen molar-refractivity contribution in [1.29, 1.82) is 0 Å². The van der Waals surface area contributed by atoms with Crippen molar-refractivity contribution in [3.63, 3.8) is 0 Å². The molecule has 126 valence electrons. The number of aliphatic carboxylic acids is 4. The molecule has 1 aliphatic heterocycles. The van der Waals surface area contributed by atoms with Crippen LogP contribution in [-0.4, -0.2) is 77.9 Å². The second-order valence-corrected chi connectivity index (χ2v) is 4.64. The molecule has 1 rings (SSSR count). The Kier molecular flexibility index (Phi) is 7.42. The van der Waals surface area contributed by atoms with E-state index in [1.807, 2.05) is 0 Å². The van der Waals surface area contributed by atoms with Gasteiger partial charge in [-0.25, -0.2) is 4.79 Å². The molecule has 6 N–H and O–H groups in total. The monoisotopic (exact) mass is 323 g/mol. The zero-order valence-electron chi connectivity index (χ0n) is 11.4. The minimum absolute atomic E-state index is 0.483. The van der Waals surface area contributed by atoms with Crippen LogP contribution < -0.4 is 0 Å². The highest BCUT2D eigenvalue weighted by Gasteiger charge is 2.40. The minimum atomic E-state index is -2.74. The van der Waals surface area contributed by atoms with Gasteiger partial charge in [0.05, 0.1) is 12.8 Å². The van der Waals surface area contributed by atoms with E-state index in [1.54, 1.807) is 0 Å². The molecule has 0 radical (unpaired) electrons. The average molecular weight is 323 g/mol. The molecule has 0 bridgehead atoms. The number of nitrogens with zero attached hydrogens (tertiary/aromatic N) is 1. The lowest BCUT2D eigenvalue weighted by atomic mass is 9.96. The van der Waals surface area contributed by atoms with Crippen molar-refractivity contribution in [1.82, 2.24) is 5.06 Å². The topological polar surface area (TPSA) is 193 Å². The third-order valence-corrected chi connectivity index (χ3v) is 2.80. The maximum atomic E-state index is 10.3. The van der Waals surface area contributed by atoms with Crippen LogP contribution in [0.1, 0.15) is 25.7 Å². The van der Waals surface area contributed by atoms with Gasteiger partial charge < -0.3 is 30.7 Å². The van der Waals surface area contributed by atoms with E-state index in [0.29, 0.717) is 13.0 Å². The molecule has 0 aromatic rings. The summed E-state index contributed by atoms with van der Waals surface area (Å²) >= 11 is 0. The van der Waals surface area contributed by atoms with Crippen LogP contribution in [0.3, 0.4) is 0 Å². The Balaban J connectivity index is 0.000000425. The molecule has 0 aromatic carbocycles. The zero-order valence-corrected chi connectivity index (χ0v) is 11.4. The predicted molar refractivity (Wildman–Crippen MR) is 66.2 cm³/mol. The summed E-state index contributed by atoms with van der Waals surface area (Å²) in [4.78, 5) is 40.7. The second kappa shape index (κ2) is 8.26. The van der Waals surface area contributed by atoms with Crippen molar-refractivity contribution >= 4 is 23.9 Å². The normalized spacial score (nSPS) is 18.2. The van der Waals surface area contributed by atoms with E-state index in [1.165, 1.54) is 0 Å². The SMILES string of the molecule is O=C(O)C1CCCN1O.O=C(O)CC(O)(CC(=O)O)C(=O)O. The fraction of sp³-hybridized carbons (Fsp3) is 0.636. The minimum Gasteiger partial charge on any atom is -0.481 e. The first-order valence-corrected chi connectivity index (χ1v) is 6.07. The van der Waals surface area contributed by atoms with Gasteiger partial charge in [-0.1, -0.05) is 0 Å². The van der Waals surface area contributed by atoms with Crippen LogP contribution in [0, 0.1) is 0 Å². The van der Waals surface area contributed by atoms with Crippen LogP contribution >= 0.6 is 0 Å². The number of carboxylic acids is 4. The standard InChI is InChI=1S/C6H8O7.C5H9NO3/c7-3(8)1-6(13,5(11)12)2-4(9)10;7-5(8)4-2-1-3-6(4)9/h13H,1-2H2,(H,7,8)(H,9,10)(H,11,12);4,9H,1-3H2,(H,7,8). The highest BCUT2D eigenvalue weighted by atomic mass is 16.5. The van der Waals surface area contributed by atoms with Crippen LogP contribution in [0.4, 0.5) is 0 Å². The van der Waals surface area contributed by atoms with Crippen molar-refractivity contribution in [2.24, 2.45) is 0 Å². The molecule has 1 atom stereocenters. The fourth-order valence-corrected chi connectivity index (χ4v) is 1.72. The first-order valence-electron chi connectivity index (χ1n) is 6.07. The van der Waals surface area contributed by atoms with E-state index in [4.69, 9.17) is 30.7 Å². The highest BCUT2D eigenvalue weighted by molar-refractivity contribution is 5.88. The third kappa shape index (κ3) is 6.47. The summed E-state index contributed by atoms with van der Waals surface area (Å²) < 4.78 is 0. The molecule has 0 saturated carbocycles. The summed E-state index contributed by atoms with van der Waals surface area (Å²) in [5, 5.41) is 51.9. The van der Waals surface area contributed by atoms with Crippen LogP contribution in [0.5, 0.6) is 0 Å². The molecule has 11 heteroatoms. The summed E-state index contributed by atoms with van der Waals surface area (Å²) in [7, 11) is 0. The van der Waals surface area contributed by atoms with Gasteiger partial charge in [0.2, 0.25) is 0 Å². The van der Waals surface area contributed by atoms with Gasteiger partial charge in [0.25, 0.3) is 0 Å². The number of hydrogen-bond acceptors (Lipinski definition) is 7. The van der Waals surface area contributed by atoms with Crippen LogP contribution in [0.25, 0.3) is 0 Å². The lowest BCUT2D eigenvalue weighted by Gasteiger charge is -2.18. The van der Waals surface area contributed by atoms with E-state index >= 15 is 0 Å². The number of hydrogen-bond donors (Lipinski definition) is 6. The molecule has 11 nitrogen and oxygen atoms in total. The van der Waals surface area contributed by atoms with Gasteiger partial charge in [-0.05, 0) is 12.8 Å². The van der Waals surface area contributed by atoms with E-state index in [-0.39, 0.29) is 0 Å². The Morgan fingerprint density at radius 3 is 1.64 bits per heavy atom. The third-order valence-electron chi connectivity index (χ3n) is 2.80. The first kappa shape index (κ1) is 19.8. The molecule has 1 heterocycles. The number of rotatable bonds is 6. The molecule has 0 aliphatic carbocycles. The molecular formula is C11H17NO10. The van der Waals surface area contributed by atoms with Crippen molar-refractivity contribution in [3.8, 4) is 0 Å². The molecular weight excluding hydrogens is 306 g/mol. The number of carbonyl (C=O) groups is 4. The smallest absolute Gasteiger partial charge is 0.336 e. The lowest BCUT2D eigenvalue weighted by molar-refractivity contribution is -0.170. The summed E-state index contributed by atoms with van der Waals surface area (Å²) in [6, 6.07) is -0.662. The fourth-order valence-electron chi connectivity index (χ4n) is 1.72. The summed E-state index contributed by atoms with van der Waals surface area (Å²) in [5.74, 6) is -5.95. The quantitative estimate of drug-likeness (QED) is 0.339. The average Bonchev–Trinajstić information content (AvgIpc) is 2.73. The molecule has 0 spiro atoms. The number of aliphatic hydroxyl groups is 1. The number of carboxylic acid groups (broad SMARTS) is 4. The molecule has 0 amide bonds. The van der Waals surface area contributed by atoms with Crippen molar-refractivity contribution in [2.45, 2.75) is 37.3 Å². The Hall–Kier alpha value is -2.24. The first-order chi connectivity index (χ1) is 9.99. The molecule has 1 saturated heterocycles. The van der Waals surface area contributed by atoms with Gasteiger partial charge in [0.1, 0.15) is 6.04 Å². The highest BCUT2D eigenvalue weighted by Crippen LogP contribution is 2.15. The second-order valence-electron chi connectivity index (χ2n) is 4.64. The summed E-state index contributed by atoms with van der Waals surface area (Å²) in [6.45, 7) is 0.483. The summed E-state index contributed by atoms with van der Waals surface area (Å²) in [6.07, 6.45) is -0.956. The van der Waals surface area contributed by atoms with Gasteiger partial charge in [-0.15, -0.1) is 0 Å². The molecule has 0 aromatic heterocycles. The lowest BCUT2D eigenvalue weighted by Crippen LogP contribution is -2.42. The van der Waals surface area contributed by atoms with Crippen molar-refractivity contribution < 1.29 is 49.9 Å². The van der Waals surface area contributed by atoms with Gasteiger partial charge in [-0.3, -0.25) is 14.4 Å². The van der Waals surface area contributed by atoms with E-state index < -0.39 is 48.4 Å². The van der Waals surface area contributed by atoms with Crippen LogP contribution in [0.15, 0.2) is 0 Å². The van der Waals surface area contributed by atoms with Crippen molar-refractivity contribution in [2.75, 3.05) is 6.54 Å². The molecule has 1 aliphatic rings. The van der Waals surface area contributed by atoms with E-state index in [2.05, 4.69) is 0 Å². The molecule has 1 fully saturated rings. The Labute approximate surface area is 124 Å². The largest absolute Gasteiger partial charge is 0.481 e. The maximum absolute atomic E-state index is 10.3. The Bertz CT molecular complexity index is 432. The Morgan fingerprint density at radius 1 is 1.00 bits per heavy atom. The van der Waals surface area contributed by atoms with Gasteiger partial charge in [0.15, 0.2) is 5.60 Å². The number of hydroxylamine groups is 2. The van der Waals surface area contributed by atoms with Gasteiger partial charge in [0, 0.05) is 6.54 Å².